The number of aryl methyl sites for hydroxylation is 3. The van der Waals surface area contributed by atoms with E-state index in [-0.39, 0.29) is 6.04 Å². The summed E-state index contributed by atoms with van der Waals surface area (Å²) >= 11 is 1.72. The van der Waals surface area contributed by atoms with Gasteiger partial charge in [-0.05, 0) is 33.9 Å². The van der Waals surface area contributed by atoms with Gasteiger partial charge < -0.3 is 9.73 Å². The van der Waals surface area contributed by atoms with E-state index in [1.54, 1.807) is 11.3 Å². The third-order valence-electron chi connectivity index (χ3n) is 2.85. The summed E-state index contributed by atoms with van der Waals surface area (Å²) in [5.41, 5.74) is 2.33. The molecule has 0 aromatic carbocycles. The topological polar surface area (TPSA) is 38.1 Å². The maximum absolute atomic E-state index is 5.58. The normalized spacial score (nSPS) is 12.9. The van der Waals surface area contributed by atoms with Gasteiger partial charge in [0.25, 0.3) is 0 Å². The predicted molar refractivity (Wildman–Crippen MR) is 70.5 cm³/mol. The Balaban J connectivity index is 2.19. The Morgan fingerprint density at radius 2 is 2.18 bits per heavy atom. The van der Waals surface area contributed by atoms with Crippen molar-refractivity contribution in [3.8, 4) is 0 Å². The minimum absolute atomic E-state index is 0.276. The molecule has 0 saturated heterocycles. The number of nitrogens with zero attached hydrogens (tertiary/aromatic N) is 1. The van der Waals surface area contributed by atoms with Crippen LogP contribution < -0.4 is 5.32 Å². The summed E-state index contributed by atoms with van der Waals surface area (Å²) in [4.78, 5) is 4.51. The van der Waals surface area contributed by atoms with E-state index in [0.717, 1.165) is 23.6 Å². The van der Waals surface area contributed by atoms with Crippen molar-refractivity contribution in [3.05, 3.63) is 39.2 Å². The lowest BCUT2D eigenvalue weighted by Gasteiger charge is -2.13. The Hall–Kier alpha value is -1.13. The Kier molecular flexibility index (Phi) is 3.64. The van der Waals surface area contributed by atoms with Gasteiger partial charge in [0.2, 0.25) is 0 Å². The summed E-state index contributed by atoms with van der Waals surface area (Å²) in [6.45, 7) is 6.03. The van der Waals surface area contributed by atoms with Gasteiger partial charge in [0.15, 0.2) is 0 Å². The molecular formula is C13H18N2OS. The van der Waals surface area contributed by atoms with E-state index in [0.29, 0.717) is 0 Å². The first-order chi connectivity index (χ1) is 8.10. The third-order valence-corrected chi connectivity index (χ3v) is 3.84. The highest BCUT2D eigenvalue weighted by Gasteiger charge is 2.17. The Bertz CT molecular complexity index is 501. The molecule has 0 bridgehead atoms. The van der Waals surface area contributed by atoms with Crippen molar-refractivity contribution in [1.82, 2.24) is 10.3 Å². The van der Waals surface area contributed by atoms with Gasteiger partial charge in [-0.3, -0.25) is 0 Å². The molecule has 3 nitrogen and oxygen atoms in total. The smallest absolute Gasteiger partial charge is 0.105 e. The van der Waals surface area contributed by atoms with Crippen LogP contribution in [0.4, 0.5) is 0 Å². The summed E-state index contributed by atoms with van der Waals surface area (Å²) in [5.74, 6) is 1.96. The molecule has 0 fully saturated rings. The standard InChI is InChI=1S/C13H18N2OS/c1-8-7-17-13(15-8)6-12(14-4)11-5-9(2)16-10(11)3/h5,7,12,14H,6H2,1-4H3. The average molecular weight is 250 g/mol. The maximum atomic E-state index is 5.58. The van der Waals surface area contributed by atoms with E-state index in [1.807, 2.05) is 27.8 Å². The van der Waals surface area contributed by atoms with Crippen molar-refractivity contribution in [3.63, 3.8) is 0 Å². The molecule has 2 aromatic rings. The molecule has 0 aliphatic rings. The van der Waals surface area contributed by atoms with E-state index >= 15 is 0 Å². The van der Waals surface area contributed by atoms with Gasteiger partial charge in [-0.25, -0.2) is 4.98 Å². The van der Waals surface area contributed by atoms with Crippen molar-refractivity contribution in [2.75, 3.05) is 7.05 Å². The SMILES string of the molecule is CNC(Cc1nc(C)cs1)c1cc(C)oc1C. The quantitative estimate of drug-likeness (QED) is 0.905. The van der Waals surface area contributed by atoms with Crippen LogP contribution in [-0.2, 0) is 6.42 Å². The van der Waals surface area contributed by atoms with Gasteiger partial charge in [-0.15, -0.1) is 11.3 Å². The fourth-order valence-corrected chi connectivity index (χ4v) is 2.85. The van der Waals surface area contributed by atoms with Crippen LogP contribution in [0, 0.1) is 20.8 Å². The highest BCUT2D eigenvalue weighted by molar-refractivity contribution is 7.09. The molecule has 0 aliphatic heterocycles. The summed E-state index contributed by atoms with van der Waals surface area (Å²) in [7, 11) is 1.98. The molecule has 0 aliphatic carbocycles. The zero-order valence-electron chi connectivity index (χ0n) is 10.7. The van der Waals surface area contributed by atoms with E-state index in [2.05, 4.69) is 21.7 Å². The minimum Gasteiger partial charge on any atom is -0.466 e. The van der Waals surface area contributed by atoms with E-state index in [9.17, 15) is 0 Å². The van der Waals surface area contributed by atoms with Crippen LogP contribution in [0.5, 0.6) is 0 Å². The highest BCUT2D eigenvalue weighted by atomic mass is 32.1. The monoisotopic (exact) mass is 250 g/mol. The summed E-state index contributed by atoms with van der Waals surface area (Å²) in [5, 5.41) is 6.60. The number of hydrogen-bond donors (Lipinski definition) is 1. The fourth-order valence-electron chi connectivity index (χ4n) is 2.04. The van der Waals surface area contributed by atoms with E-state index in [1.165, 1.54) is 10.6 Å². The molecule has 92 valence electrons. The number of rotatable bonds is 4. The van der Waals surface area contributed by atoms with Gasteiger partial charge in [0.05, 0.1) is 5.01 Å². The van der Waals surface area contributed by atoms with Crippen LogP contribution in [0.3, 0.4) is 0 Å². The lowest BCUT2D eigenvalue weighted by atomic mass is 10.0. The van der Waals surface area contributed by atoms with E-state index < -0.39 is 0 Å². The zero-order valence-corrected chi connectivity index (χ0v) is 11.5. The van der Waals surface area contributed by atoms with Crippen LogP contribution in [0.1, 0.15) is 33.8 Å². The Morgan fingerprint density at radius 3 is 2.65 bits per heavy atom. The summed E-state index contributed by atoms with van der Waals surface area (Å²) in [6, 6.07) is 2.38. The number of hydrogen-bond acceptors (Lipinski definition) is 4. The number of likely N-dealkylation sites (N-methyl/N-ethyl adjacent to an activating group) is 1. The molecule has 1 N–H and O–H groups in total. The lowest BCUT2D eigenvalue weighted by molar-refractivity contribution is 0.490. The molecule has 0 amide bonds. The van der Waals surface area contributed by atoms with Crippen LogP contribution in [-0.4, -0.2) is 12.0 Å². The first-order valence-corrected chi connectivity index (χ1v) is 6.63. The van der Waals surface area contributed by atoms with Crippen molar-refractivity contribution >= 4 is 11.3 Å². The lowest BCUT2D eigenvalue weighted by Crippen LogP contribution is -2.19. The molecule has 2 heterocycles. The maximum Gasteiger partial charge on any atom is 0.105 e. The second-order valence-corrected chi connectivity index (χ2v) is 5.24. The van der Waals surface area contributed by atoms with Gasteiger partial charge >= 0.3 is 0 Å². The molecule has 2 rings (SSSR count). The fraction of sp³-hybridized carbons (Fsp3) is 0.462. The molecule has 1 atom stereocenters. The summed E-state index contributed by atoms with van der Waals surface area (Å²) in [6.07, 6.45) is 0.912. The largest absolute Gasteiger partial charge is 0.466 e. The zero-order chi connectivity index (χ0) is 12.4. The van der Waals surface area contributed by atoms with E-state index in [4.69, 9.17) is 4.42 Å². The molecule has 0 spiro atoms. The molecule has 2 aromatic heterocycles. The second kappa shape index (κ2) is 5.02. The van der Waals surface area contributed by atoms with Crippen molar-refractivity contribution < 1.29 is 4.42 Å². The van der Waals surface area contributed by atoms with Crippen molar-refractivity contribution in [2.24, 2.45) is 0 Å². The second-order valence-electron chi connectivity index (χ2n) is 4.30. The van der Waals surface area contributed by atoms with Gasteiger partial charge in [0, 0.05) is 29.1 Å². The van der Waals surface area contributed by atoms with Crippen molar-refractivity contribution in [2.45, 2.75) is 33.2 Å². The third kappa shape index (κ3) is 2.76. The van der Waals surface area contributed by atoms with Crippen LogP contribution >= 0.6 is 11.3 Å². The van der Waals surface area contributed by atoms with Gasteiger partial charge in [0.1, 0.15) is 11.5 Å². The molecule has 17 heavy (non-hydrogen) atoms. The van der Waals surface area contributed by atoms with Crippen molar-refractivity contribution in [1.29, 1.82) is 0 Å². The number of furan rings is 1. The number of nitrogens with one attached hydrogen (secondary N) is 1. The average Bonchev–Trinajstić information content (AvgIpc) is 2.82. The Labute approximate surface area is 106 Å². The Morgan fingerprint density at radius 1 is 1.41 bits per heavy atom. The molecule has 4 heteroatoms. The number of aromatic nitrogens is 1. The first-order valence-electron chi connectivity index (χ1n) is 5.75. The van der Waals surface area contributed by atoms with Crippen LogP contribution in [0.15, 0.2) is 15.9 Å². The van der Waals surface area contributed by atoms with Gasteiger partial charge in [-0.2, -0.15) is 0 Å². The molecular weight excluding hydrogens is 232 g/mol. The van der Waals surface area contributed by atoms with Gasteiger partial charge in [-0.1, -0.05) is 0 Å². The number of thiazole rings is 1. The first kappa shape index (κ1) is 12.3. The highest BCUT2D eigenvalue weighted by Crippen LogP contribution is 2.25. The van der Waals surface area contributed by atoms with Crippen LogP contribution in [0.2, 0.25) is 0 Å². The molecule has 1 unspecified atom stereocenters. The predicted octanol–water partition coefficient (Wildman–Crippen LogP) is 3.16. The molecule has 0 saturated carbocycles. The minimum atomic E-state index is 0.276. The molecule has 0 radical (unpaired) electrons. The summed E-state index contributed by atoms with van der Waals surface area (Å²) < 4.78 is 5.58. The van der Waals surface area contributed by atoms with Crippen LogP contribution in [0.25, 0.3) is 0 Å².